The van der Waals surface area contributed by atoms with Crippen LogP contribution in [0, 0.1) is 11.3 Å². The van der Waals surface area contributed by atoms with E-state index in [1.165, 1.54) is 38.5 Å². The van der Waals surface area contributed by atoms with E-state index in [0.717, 1.165) is 11.3 Å². The fourth-order valence-corrected chi connectivity index (χ4v) is 2.70. The van der Waals surface area contributed by atoms with Gasteiger partial charge < -0.3 is 0 Å². The first-order valence-corrected chi connectivity index (χ1v) is 5.25. The summed E-state index contributed by atoms with van der Waals surface area (Å²) in [5.74, 6) is 1.02. The highest BCUT2D eigenvalue weighted by Gasteiger charge is 2.41. The van der Waals surface area contributed by atoms with E-state index in [-0.39, 0.29) is 0 Å². The van der Waals surface area contributed by atoms with Crippen LogP contribution in [0.1, 0.15) is 59.3 Å². The first kappa shape index (κ1) is 9.09. The molecular formula is C11H22. The SMILES string of the molecule is CCCC1(CCC)CCC1C. The van der Waals surface area contributed by atoms with Crippen molar-refractivity contribution in [1.29, 1.82) is 0 Å². The Morgan fingerprint density at radius 1 is 1.18 bits per heavy atom. The summed E-state index contributed by atoms with van der Waals surface area (Å²) in [5, 5.41) is 0. The van der Waals surface area contributed by atoms with Gasteiger partial charge in [0.05, 0.1) is 0 Å². The van der Waals surface area contributed by atoms with Crippen LogP contribution in [0.5, 0.6) is 0 Å². The quantitative estimate of drug-likeness (QED) is 0.574. The van der Waals surface area contributed by atoms with Crippen molar-refractivity contribution in [2.24, 2.45) is 11.3 Å². The molecule has 0 radical (unpaired) electrons. The molecule has 0 aliphatic heterocycles. The lowest BCUT2D eigenvalue weighted by Gasteiger charge is -2.49. The van der Waals surface area contributed by atoms with Gasteiger partial charge in [-0.25, -0.2) is 0 Å². The maximum Gasteiger partial charge on any atom is -0.0272 e. The molecule has 1 aliphatic carbocycles. The van der Waals surface area contributed by atoms with E-state index < -0.39 is 0 Å². The van der Waals surface area contributed by atoms with Gasteiger partial charge in [-0.2, -0.15) is 0 Å². The maximum absolute atomic E-state index is 2.44. The summed E-state index contributed by atoms with van der Waals surface area (Å²) in [6, 6.07) is 0. The van der Waals surface area contributed by atoms with Crippen molar-refractivity contribution in [3.8, 4) is 0 Å². The molecule has 0 N–H and O–H groups in total. The highest BCUT2D eigenvalue weighted by atomic mass is 14.5. The topological polar surface area (TPSA) is 0 Å². The molecule has 0 bridgehead atoms. The summed E-state index contributed by atoms with van der Waals surface area (Å²) in [7, 11) is 0. The van der Waals surface area contributed by atoms with E-state index in [2.05, 4.69) is 20.8 Å². The third-order valence-corrected chi connectivity index (χ3v) is 3.62. The molecule has 66 valence electrons. The van der Waals surface area contributed by atoms with Crippen molar-refractivity contribution < 1.29 is 0 Å². The second-order valence-corrected chi connectivity index (χ2v) is 4.30. The van der Waals surface area contributed by atoms with Crippen LogP contribution in [0.25, 0.3) is 0 Å². The molecule has 1 unspecified atom stereocenters. The van der Waals surface area contributed by atoms with Crippen molar-refractivity contribution >= 4 is 0 Å². The minimum absolute atomic E-state index is 0.781. The van der Waals surface area contributed by atoms with E-state index in [1.807, 2.05) is 0 Å². The molecule has 0 aromatic rings. The van der Waals surface area contributed by atoms with Crippen molar-refractivity contribution in [2.75, 3.05) is 0 Å². The zero-order valence-electron chi connectivity index (χ0n) is 8.32. The molecule has 0 aromatic heterocycles. The van der Waals surface area contributed by atoms with Gasteiger partial charge in [0.1, 0.15) is 0 Å². The molecule has 0 aromatic carbocycles. The average molecular weight is 154 g/mol. The van der Waals surface area contributed by atoms with Gasteiger partial charge in [0.15, 0.2) is 0 Å². The fourth-order valence-electron chi connectivity index (χ4n) is 2.70. The van der Waals surface area contributed by atoms with Crippen LogP contribution in [-0.2, 0) is 0 Å². The Kier molecular flexibility index (Phi) is 2.98. The van der Waals surface area contributed by atoms with Crippen LogP contribution >= 0.6 is 0 Å². The summed E-state index contributed by atoms with van der Waals surface area (Å²) in [5.41, 5.74) is 0.781. The van der Waals surface area contributed by atoms with Gasteiger partial charge in [-0.3, -0.25) is 0 Å². The van der Waals surface area contributed by atoms with Gasteiger partial charge >= 0.3 is 0 Å². The molecule has 0 heterocycles. The van der Waals surface area contributed by atoms with Crippen LogP contribution in [0.15, 0.2) is 0 Å². The molecule has 1 atom stereocenters. The molecule has 0 nitrogen and oxygen atoms in total. The number of rotatable bonds is 4. The molecule has 0 heteroatoms. The summed E-state index contributed by atoms with van der Waals surface area (Å²) in [4.78, 5) is 0. The minimum atomic E-state index is 0.781. The van der Waals surface area contributed by atoms with Crippen molar-refractivity contribution in [3.05, 3.63) is 0 Å². The monoisotopic (exact) mass is 154 g/mol. The van der Waals surface area contributed by atoms with Gasteiger partial charge in [0.25, 0.3) is 0 Å². The Morgan fingerprint density at radius 3 is 1.91 bits per heavy atom. The molecule has 1 saturated carbocycles. The van der Waals surface area contributed by atoms with Crippen molar-refractivity contribution in [1.82, 2.24) is 0 Å². The van der Waals surface area contributed by atoms with Crippen LogP contribution in [0.4, 0.5) is 0 Å². The van der Waals surface area contributed by atoms with E-state index in [9.17, 15) is 0 Å². The first-order chi connectivity index (χ1) is 5.25. The van der Waals surface area contributed by atoms with Gasteiger partial charge in [0, 0.05) is 0 Å². The lowest BCUT2D eigenvalue weighted by molar-refractivity contribution is 0.0221. The second kappa shape index (κ2) is 3.60. The lowest BCUT2D eigenvalue weighted by atomic mass is 9.57. The summed E-state index contributed by atoms with van der Waals surface area (Å²) < 4.78 is 0. The van der Waals surface area contributed by atoms with E-state index in [4.69, 9.17) is 0 Å². The maximum atomic E-state index is 2.44. The van der Waals surface area contributed by atoms with Crippen LogP contribution in [0.3, 0.4) is 0 Å². The van der Waals surface area contributed by atoms with E-state index >= 15 is 0 Å². The zero-order valence-corrected chi connectivity index (χ0v) is 8.32. The summed E-state index contributed by atoms with van der Waals surface area (Å²) >= 11 is 0. The summed E-state index contributed by atoms with van der Waals surface area (Å²) in [6.45, 7) is 7.08. The molecule has 11 heavy (non-hydrogen) atoms. The predicted molar refractivity (Wildman–Crippen MR) is 50.6 cm³/mol. The highest BCUT2D eigenvalue weighted by molar-refractivity contribution is 4.92. The van der Waals surface area contributed by atoms with Crippen molar-refractivity contribution in [2.45, 2.75) is 59.3 Å². The largest absolute Gasteiger partial charge is 0.0654 e. The Morgan fingerprint density at radius 2 is 1.73 bits per heavy atom. The smallest absolute Gasteiger partial charge is 0.0272 e. The third-order valence-electron chi connectivity index (χ3n) is 3.62. The van der Waals surface area contributed by atoms with Crippen LogP contribution in [0.2, 0.25) is 0 Å². The highest BCUT2D eigenvalue weighted by Crippen LogP contribution is 2.52. The molecule has 0 amide bonds. The molecule has 1 fully saturated rings. The second-order valence-electron chi connectivity index (χ2n) is 4.30. The molecule has 0 spiro atoms. The minimum Gasteiger partial charge on any atom is -0.0654 e. The Balaban J connectivity index is 2.42. The van der Waals surface area contributed by atoms with E-state index in [0.29, 0.717) is 0 Å². The predicted octanol–water partition coefficient (Wildman–Crippen LogP) is 4.00. The standard InChI is InChI=1S/C11H22/c1-4-7-11(8-5-2)9-6-10(11)3/h10H,4-9H2,1-3H3. The number of hydrogen-bond donors (Lipinski definition) is 0. The molecule has 1 aliphatic rings. The molecule has 1 rings (SSSR count). The molecular weight excluding hydrogens is 132 g/mol. The van der Waals surface area contributed by atoms with Gasteiger partial charge in [0.2, 0.25) is 0 Å². The summed E-state index contributed by atoms with van der Waals surface area (Å²) in [6.07, 6.45) is 8.70. The molecule has 0 saturated heterocycles. The Hall–Kier alpha value is 0. The normalized spacial score (nSPS) is 28.1. The first-order valence-electron chi connectivity index (χ1n) is 5.25. The number of hydrogen-bond acceptors (Lipinski definition) is 0. The van der Waals surface area contributed by atoms with Crippen LogP contribution < -0.4 is 0 Å². The Labute approximate surface area is 71.4 Å². The van der Waals surface area contributed by atoms with Gasteiger partial charge in [-0.05, 0) is 37.0 Å². The van der Waals surface area contributed by atoms with Gasteiger partial charge in [-0.1, -0.05) is 33.6 Å². The van der Waals surface area contributed by atoms with Crippen molar-refractivity contribution in [3.63, 3.8) is 0 Å². The van der Waals surface area contributed by atoms with Crippen LogP contribution in [-0.4, -0.2) is 0 Å². The Bertz CT molecular complexity index is 109. The average Bonchev–Trinajstić information content (AvgIpc) is 2.01. The van der Waals surface area contributed by atoms with E-state index in [1.54, 1.807) is 0 Å². The fraction of sp³-hybridized carbons (Fsp3) is 1.00. The van der Waals surface area contributed by atoms with Gasteiger partial charge in [-0.15, -0.1) is 0 Å². The third kappa shape index (κ3) is 1.60. The lowest BCUT2D eigenvalue weighted by Crippen LogP contribution is -2.38. The zero-order chi connectivity index (χ0) is 8.32.